The molecule has 2 unspecified atom stereocenters. The van der Waals surface area contributed by atoms with Gasteiger partial charge in [0, 0.05) is 12.0 Å². The molecule has 0 radical (unpaired) electrons. The standard InChI is InChI=1S/C11H18N2OS/c1-7(2)8-6-15-11(13-8)10(12)9-4-3-5-14-9/h6-7,9-10H,3-5,12H2,1-2H3. The van der Waals surface area contributed by atoms with Gasteiger partial charge < -0.3 is 10.5 Å². The highest BCUT2D eigenvalue weighted by atomic mass is 32.1. The average Bonchev–Trinajstić information content (AvgIpc) is 2.88. The van der Waals surface area contributed by atoms with Crippen LogP contribution in [0.3, 0.4) is 0 Å². The maximum atomic E-state index is 6.14. The second-order valence-corrected chi connectivity index (χ2v) is 5.23. The Hall–Kier alpha value is -0.450. The lowest BCUT2D eigenvalue weighted by atomic mass is 10.1. The Bertz CT molecular complexity index is 318. The Morgan fingerprint density at radius 2 is 2.40 bits per heavy atom. The summed E-state index contributed by atoms with van der Waals surface area (Å²) in [5.41, 5.74) is 7.28. The van der Waals surface area contributed by atoms with Crippen molar-refractivity contribution in [1.29, 1.82) is 0 Å². The lowest BCUT2D eigenvalue weighted by Crippen LogP contribution is -2.25. The van der Waals surface area contributed by atoms with E-state index in [4.69, 9.17) is 10.5 Å². The van der Waals surface area contributed by atoms with Gasteiger partial charge in [-0.25, -0.2) is 4.98 Å². The molecule has 1 aliphatic heterocycles. The van der Waals surface area contributed by atoms with Crippen LogP contribution in [0.1, 0.15) is 49.4 Å². The van der Waals surface area contributed by atoms with E-state index in [1.807, 2.05) is 0 Å². The summed E-state index contributed by atoms with van der Waals surface area (Å²) in [5, 5.41) is 3.13. The van der Waals surface area contributed by atoms with Gasteiger partial charge in [-0.1, -0.05) is 13.8 Å². The number of hydrogen-bond acceptors (Lipinski definition) is 4. The van der Waals surface area contributed by atoms with Crippen LogP contribution in [0, 0.1) is 0 Å². The van der Waals surface area contributed by atoms with Crippen molar-refractivity contribution >= 4 is 11.3 Å². The molecule has 1 aliphatic rings. The third-order valence-electron chi connectivity index (χ3n) is 2.78. The zero-order chi connectivity index (χ0) is 10.8. The summed E-state index contributed by atoms with van der Waals surface area (Å²) < 4.78 is 5.58. The predicted molar refractivity (Wildman–Crippen MR) is 62.1 cm³/mol. The first kappa shape index (κ1) is 11.0. The Balaban J connectivity index is 2.07. The van der Waals surface area contributed by atoms with Crippen LogP contribution in [0.2, 0.25) is 0 Å². The minimum absolute atomic E-state index is 0.0370. The maximum Gasteiger partial charge on any atom is 0.112 e. The smallest absolute Gasteiger partial charge is 0.112 e. The quantitative estimate of drug-likeness (QED) is 0.861. The molecule has 0 amide bonds. The van der Waals surface area contributed by atoms with Crippen molar-refractivity contribution < 1.29 is 4.74 Å². The molecule has 1 aromatic heterocycles. The monoisotopic (exact) mass is 226 g/mol. The third-order valence-corrected chi connectivity index (χ3v) is 3.75. The van der Waals surface area contributed by atoms with Crippen LogP contribution < -0.4 is 5.73 Å². The molecule has 0 aromatic carbocycles. The molecule has 2 rings (SSSR count). The number of rotatable bonds is 3. The molecular weight excluding hydrogens is 208 g/mol. The van der Waals surface area contributed by atoms with Gasteiger partial charge in [0.25, 0.3) is 0 Å². The van der Waals surface area contributed by atoms with Gasteiger partial charge in [0.15, 0.2) is 0 Å². The Morgan fingerprint density at radius 1 is 1.60 bits per heavy atom. The lowest BCUT2D eigenvalue weighted by molar-refractivity contribution is 0.0899. The van der Waals surface area contributed by atoms with E-state index in [-0.39, 0.29) is 12.1 Å². The fourth-order valence-corrected chi connectivity index (χ4v) is 2.80. The van der Waals surface area contributed by atoms with E-state index in [1.54, 1.807) is 11.3 Å². The summed E-state index contributed by atoms with van der Waals surface area (Å²) in [6, 6.07) is -0.0370. The van der Waals surface area contributed by atoms with E-state index in [2.05, 4.69) is 24.2 Å². The summed E-state index contributed by atoms with van der Waals surface area (Å²) in [5.74, 6) is 0.478. The first-order chi connectivity index (χ1) is 7.18. The van der Waals surface area contributed by atoms with E-state index in [9.17, 15) is 0 Å². The normalized spacial score (nSPS) is 23.6. The number of hydrogen-bond donors (Lipinski definition) is 1. The fraction of sp³-hybridized carbons (Fsp3) is 0.727. The molecule has 1 aromatic rings. The van der Waals surface area contributed by atoms with Crippen molar-refractivity contribution in [2.75, 3.05) is 6.61 Å². The molecule has 3 nitrogen and oxygen atoms in total. The van der Waals surface area contributed by atoms with Crippen molar-refractivity contribution in [2.45, 2.75) is 44.8 Å². The average molecular weight is 226 g/mol. The first-order valence-corrected chi connectivity index (χ1v) is 6.39. The molecule has 0 spiro atoms. The molecule has 2 atom stereocenters. The molecule has 15 heavy (non-hydrogen) atoms. The Labute approximate surface area is 94.7 Å². The topological polar surface area (TPSA) is 48.1 Å². The molecule has 2 heterocycles. The second kappa shape index (κ2) is 4.60. The Morgan fingerprint density at radius 3 is 2.93 bits per heavy atom. The summed E-state index contributed by atoms with van der Waals surface area (Å²) >= 11 is 1.66. The molecule has 84 valence electrons. The number of aromatic nitrogens is 1. The van der Waals surface area contributed by atoms with Crippen LogP contribution in [0.4, 0.5) is 0 Å². The van der Waals surface area contributed by atoms with Gasteiger partial charge in [0.2, 0.25) is 0 Å². The SMILES string of the molecule is CC(C)c1csc(C(N)C2CCCO2)n1. The van der Waals surface area contributed by atoms with E-state index in [0.29, 0.717) is 5.92 Å². The second-order valence-electron chi connectivity index (χ2n) is 4.34. The van der Waals surface area contributed by atoms with Crippen molar-refractivity contribution in [2.24, 2.45) is 5.73 Å². The molecule has 1 fully saturated rings. The largest absolute Gasteiger partial charge is 0.376 e. The van der Waals surface area contributed by atoms with Crippen LogP contribution in [-0.2, 0) is 4.74 Å². The van der Waals surface area contributed by atoms with Gasteiger partial charge in [-0.05, 0) is 18.8 Å². The van der Waals surface area contributed by atoms with E-state index in [1.165, 1.54) is 0 Å². The summed E-state index contributed by atoms with van der Waals surface area (Å²) in [6.45, 7) is 5.15. The molecular formula is C11H18N2OS. The molecule has 0 saturated carbocycles. The highest BCUT2D eigenvalue weighted by Crippen LogP contribution is 2.28. The van der Waals surface area contributed by atoms with Gasteiger partial charge in [0.1, 0.15) is 5.01 Å². The third kappa shape index (κ3) is 2.38. The molecule has 2 N–H and O–H groups in total. The molecule has 1 saturated heterocycles. The van der Waals surface area contributed by atoms with E-state index < -0.39 is 0 Å². The summed E-state index contributed by atoms with van der Waals surface area (Å²) in [4.78, 5) is 4.57. The predicted octanol–water partition coefficient (Wildman–Crippen LogP) is 2.45. The number of thiazole rings is 1. The highest BCUT2D eigenvalue weighted by Gasteiger charge is 2.26. The summed E-state index contributed by atoms with van der Waals surface area (Å²) in [7, 11) is 0. The van der Waals surface area contributed by atoms with Gasteiger partial charge >= 0.3 is 0 Å². The van der Waals surface area contributed by atoms with Crippen molar-refractivity contribution in [1.82, 2.24) is 4.98 Å². The van der Waals surface area contributed by atoms with Crippen LogP contribution in [0.5, 0.6) is 0 Å². The van der Waals surface area contributed by atoms with E-state index >= 15 is 0 Å². The van der Waals surface area contributed by atoms with Gasteiger partial charge in [-0.2, -0.15) is 0 Å². The van der Waals surface area contributed by atoms with Crippen LogP contribution in [0.15, 0.2) is 5.38 Å². The van der Waals surface area contributed by atoms with Crippen molar-refractivity contribution in [3.63, 3.8) is 0 Å². The minimum atomic E-state index is -0.0370. The number of nitrogens with zero attached hydrogens (tertiary/aromatic N) is 1. The number of nitrogens with two attached hydrogens (primary N) is 1. The zero-order valence-corrected chi connectivity index (χ0v) is 10.1. The van der Waals surface area contributed by atoms with Gasteiger partial charge in [-0.3, -0.25) is 0 Å². The van der Waals surface area contributed by atoms with E-state index in [0.717, 1.165) is 30.2 Å². The molecule has 4 heteroatoms. The fourth-order valence-electron chi connectivity index (χ4n) is 1.76. The maximum absolute atomic E-state index is 6.14. The lowest BCUT2D eigenvalue weighted by Gasteiger charge is -2.15. The van der Waals surface area contributed by atoms with Crippen molar-refractivity contribution in [3.8, 4) is 0 Å². The van der Waals surface area contributed by atoms with Crippen LogP contribution in [0.25, 0.3) is 0 Å². The Kier molecular flexibility index (Phi) is 3.38. The van der Waals surface area contributed by atoms with Gasteiger partial charge in [-0.15, -0.1) is 11.3 Å². The summed E-state index contributed by atoms with van der Waals surface area (Å²) in [6.07, 6.45) is 2.37. The zero-order valence-electron chi connectivity index (χ0n) is 9.27. The highest BCUT2D eigenvalue weighted by molar-refractivity contribution is 7.09. The molecule has 0 aliphatic carbocycles. The van der Waals surface area contributed by atoms with Crippen molar-refractivity contribution in [3.05, 3.63) is 16.1 Å². The van der Waals surface area contributed by atoms with Crippen LogP contribution >= 0.6 is 11.3 Å². The van der Waals surface area contributed by atoms with Gasteiger partial charge in [0.05, 0.1) is 17.8 Å². The number of ether oxygens (including phenoxy) is 1. The molecule has 0 bridgehead atoms. The first-order valence-electron chi connectivity index (χ1n) is 5.51. The minimum Gasteiger partial charge on any atom is -0.376 e. The van der Waals surface area contributed by atoms with Crippen LogP contribution in [-0.4, -0.2) is 17.7 Å².